The van der Waals surface area contributed by atoms with Crippen molar-refractivity contribution in [1.29, 1.82) is 0 Å². The lowest BCUT2D eigenvalue weighted by Crippen LogP contribution is -2.26. The lowest BCUT2D eigenvalue weighted by atomic mass is 10.1. The van der Waals surface area contributed by atoms with Crippen LogP contribution in [0, 0.1) is 6.92 Å². The first-order valence-corrected chi connectivity index (χ1v) is 9.10. The van der Waals surface area contributed by atoms with Gasteiger partial charge in [-0.2, -0.15) is 0 Å². The Morgan fingerprint density at radius 1 is 1.04 bits per heavy atom. The van der Waals surface area contributed by atoms with Crippen molar-refractivity contribution in [3.05, 3.63) is 53.3 Å². The first kappa shape index (κ1) is 18.9. The molecule has 5 nitrogen and oxygen atoms in total. The molecule has 0 saturated carbocycles. The molecule has 1 heterocycles. The number of hydrogen-bond donors (Lipinski definition) is 2. The highest BCUT2D eigenvalue weighted by Crippen LogP contribution is 2.07. The topological polar surface area (TPSA) is 66.9 Å². The number of aryl methyl sites for hydroxylation is 2. The average molecular weight is 340 g/mol. The van der Waals surface area contributed by atoms with Crippen LogP contribution >= 0.6 is 0 Å². The van der Waals surface area contributed by atoms with Gasteiger partial charge in [0.2, 0.25) is 5.95 Å². The number of benzene rings is 1. The molecule has 0 saturated heterocycles. The van der Waals surface area contributed by atoms with Gasteiger partial charge in [0, 0.05) is 18.8 Å². The molecule has 0 radical (unpaired) electrons. The van der Waals surface area contributed by atoms with Gasteiger partial charge in [0.25, 0.3) is 5.91 Å². The van der Waals surface area contributed by atoms with E-state index in [0.29, 0.717) is 18.2 Å². The van der Waals surface area contributed by atoms with Crippen LogP contribution in [0.1, 0.15) is 54.4 Å². The fourth-order valence-corrected chi connectivity index (χ4v) is 2.57. The largest absolute Gasteiger partial charge is 0.354 e. The number of nitrogens with zero attached hydrogens (tertiary/aromatic N) is 2. The highest BCUT2D eigenvalue weighted by Gasteiger charge is 2.09. The van der Waals surface area contributed by atoms with E-state index in [4.69, 9.17) is 0 Å². The Morgan fingerprint density at radius 3 is 2.60 bits per heavy atom. The van der Waals surface area contributed by atoms with Crippen LogP contribution in [0.25, 0.3) is 0 Å². The number of aromatic nitrogens is 2. The van der Waals surface area contributed by atoms with Crippen LogP contribution in [0.5, 0.6) is 0 Å². The van der Waals surface area contributed by atoms with E-state index in [1.165, 1.54) is 5.56 Å². The number of amides is 1. The highest BCUT2D eigenvalue weighted by atomic mass is 16.1. The summed E-state index contributed by atoms with van der Waals surface area (Å²) >= 11 is 0. The predicted molar refractivity (Wildman–Crippen MR) is 102 cm³/mol. The van der Waals surface area contributed by atoms with E-state index in [0.717, 1.165) is 44.3 Å². The van der Waals surface area contributed by atoms with Crippen LogP contribution in [-0.4, -0.2) is 29.0 Å². The molecule has 0 spiro atoms. The average Bonchev–Trinajstić information content (AvgIpc) is 2.63. The molecule has 2 aromatic rings. The van der Waals surface area contributed by atoms with Gasteiger partial charge < -0.3 is 10.6 Å². The van der Waals surface area contributed by atoms with E-state index >= 15 is 0 Å². The number of nitrogens with one attached hydrogen (secondary N) is 2. The lowest BCUT2D eigenvalue weighted by Gasteiger charge is -2.09. The monoisotopic (exact) mass is 340 g/mol. The SMILES string of the molecule is CCCCCNC(=O)c1cc(C)nc(NCCCc2ccccc2)n1. The Balaban J connectivity index is 1.82. The molecule has 2 N–H and O–H groups in total. The molecule has 2 rings (SSSR count). The third kappa shape index (κ3) is 6.91. The van der Waals surface area contributed by atoms with E-state index in [1.54, 1.807) is 6.07 Å². The second-order valence-electron chi connectivity index (χ2n) is 6.20. The standard InChI is InChI=1S/C20H28N4O/c1-3-4-8-13-21-19(25)18-15-16(2)23-20(24-18)22-14-9-12-17-10-6-5-7-11-17/h5-7,10-11,15H,3-4,8-9,12-14H2,1-2H3,(H,21,25)(H,22,23,24). The molecule has 0 aliphatic heterocycles. The maximum absolute atomic E-state index is 12.2. The minimum Gasteiger partial charge on any atom is -0.354 e. The summed E-state index contributed by atoms with van der Waals surface area (Å²) < 4.78 is 0. The number of carbonyl (C=O) groups is 1. The van der Waals surface area contributed by atoms with Gasteiger partial charge >= 0.3 is 0 Å². The summed E-state index contributed by atoms with van der Waals surface area (Å²) in [7, 11) is 0. The normalized spacial score (nSPS) is 10.5. The molecular formula is C20H28N4O. The maximum atomic E-state index is 12.2. The first-order valence-electron chi connectivity index (χ1n) is 9.10. The molecule has 1 aromatic carbocycles. The van der Waals surface area contributed by atoms with Crippen LogP contribution in [0.15, 0.2) is 36.4 Å². The summed E-state index contributed by atoms with van der Waals surface area (Å²) in [4.78, 5) is 20.9. The van der Waals surface area contributed by atoms with E-state index in [9.17, 15) is 4.79 Å². The van der Waals surface area contributed by atoms with Gasteiger partial charge in [0.1, 0.15) is 5.69 Å². The fraction of sp³-hybridized carbons (Fsp3) is 0.450. The molecule has 0 unspecified atom stereocenters. The Bertz CT molecular complexity index is 658. The summed E-state index contributed by atoms with van der Waals surface area (Å²) in [6.07, 6.45) is 5.25. The maximum Gasteiger partial charge on any atom is 0.270 e. The van der Waals surface area contributed by atoms with Crippen LogP contribution < -0.4 is 10.6 Å². The Hall–Kier alpha value is -2.43. The van der Waals surface area contributed by atoms with Crippen molar-refractivity contribution in [3.63, 3.8) is 0 Å². The molecule has 134 valence electrons. The molecule has 0 fully saturated rings. The first-order chi connectivity index (χ1) is 12.2. The van der Waals surface area contributed by atoms with Gasteiger partial charge in [0.15, 0.2) is 0 Å². The Kier molecular flexibility index (Phi) is 7.89. The summed E-state index contributed by atoms with van der Waals surface area (Å²) in [5, 5.41) is 6.15. The van der Waals surface area contributed by atoms with E-state index in [2.05, 4.69) is 51.8 Å². The molecule has 25 heavy (non-hydrogen) atoms. The third-order valence-corrected chi connectivity index (χ3v) is 3.92. The summed E-state index contributed by atoms with van der Waals surface area (Å²) in [5.74, 6) is 0.390. The Morgan fingerprint density at radius 2 is 1.84 bits per heavy atom. The van der Waals surface area contributed by atoms with Gasteiger partial charge in [-0.05, 0) is 37.8 Å². The van der Waals surface area contributed by atoms with Crippen molar-refractivity contribution in [2.75, 3.05) is 18.4 Å². The van der Waals surface area contributed by atoms with Crippen LogP contribution in [-0.2, 0) is 6.42 Å². The van der Waals surface area contributed by atoms with Crippen molar-refractivity contribution in [3.8, 4) is 0 Å². The fourth-order valence-electron chi connectivity index (χ4n) is 2.57. The molecule has 1 aromatic heterocycles. The van der Waals surface area contributed by atoms with Crippen molar-refractivity contribution >= 4 is 11.9 Å². The van der Waals surface area contributed by atoms with E-state index in [1.807, 2.05) is 13.0 Å². The van der Waals surface area contributed by atoms with Crippen LogP contribution in [0.3, 0.4) is 0 Å². The highest BCUT2D eigenvalue weighted by molar-refractivity contribution is 5.92. The number of carbonyl (C=O) groups excluding carboxylic acids is 1. The van der Waals surface area contributed by atoms with E-state index < -0.39 is 0 Å². The third-order valence-electron chi connectivity index (χ3n) is 3.92. The molecular weight excluding hydrogens is 312 g/mol. The number of hydrogen-bond acceptors (Lipinski definition) is 4. The molecule has 5 heteroatoms. The molecule has 0 aliphatic rings. The van der Waals surface area contributed by atoms with Gasteiger partial charge in [0.05, 0.1) is 0 Å². The van der Waals surface area contributed by atoms with E-state index in [-0.39, 0.29) is 5.91 Å². The zero-order valence-corrected chi connectivity index (χ0v) is 15.2. The zero-order chi connectivity index (χ0) is 17.9. The lowest BCUT2D eigenvalue weighted by molar-refractivity contribution is 0.0948. The van der Waals surface area contributed by atoms with Crippen LogP contribution in [0.2, 0.25) is 0 Å². The van der Waals surface area contributed by atoms with Gasteiger partial charge in [-0.3, -0.25) is 4.79 Å². The number of rotatable bonds is 10. The number of anilines is 1. The van der Waals surface area contributed by atoms with Gasteiger partial charge in [-0.1, -0.05) is 50.1 Å². The smallest absolute Gasteiger partial charge is 0.270 e. The minimum atomic E-state index is -0.131. The number of unbranched alkanes of at least 4 members (excludes halogenated alkanes) is 2. The summed E-state index contributed by atoms with van der Waals surface area (Å²) in [5.41, 5.74) is 2.54. The Labute approximate surface area is 150 Å². The molecule has 0 atom stereocenters. The second-order valence-corrected chi connectivity index (χ2v) is 6.20. The summed E-state index contributed by atoms with van der Waals surface area (Å²) in [6, 6.07) is 12.1. The molecule has 1 amide bonds. The van der Waals surface area contributed by atoms with Crippen molar-refractivity contribution in [2.45, 2.75) is 46.0 Å². The molecule has 0 aliphatic carbocycles. The zero-order valence-electron chi connectivity index (χ0n) is 15.2. The minimum absolute atomic E-state index is 0.131. The van der Waals surface area contributed by atoms with Crippen molar-refractivity contribution in [1.82, 2.24) is 15.3 Å². The molecule has 0 bridgehead atoms. The van der Waals surface area contributed by atoms with Crippen LogP contribution in [0.4, 0.5) is 5.95 Å². The second kappa shape index (κ2) is 10.4. The van der Waals surface area contributed by atoms with Crippen molar-refractivity contribution in [2.24, 2.45) is 0 Å². The van der Waals surface area contributed by atoms with Crippen molar-refractivity contribution < 1.29 is 4.79 Å². The quantitative estimate of drug-likeness (QED) is 0.647. The predicted octanol–water partition coefficient (Wildman–Crippen LogP) is 3.75. The summed E-state index contributed by atoms with van der Waals surface area (Å²) in [6.45, 7) is 5.49. The van der Waals surface area contributed by atoms with Gasteiger partial charge in [-0.15, -0.1) is 0 Å². The van der Waals surface area contributed by atoms with Gasteiger partial charge in [-0.25, -0.2) is 9.97 Å².